The van der Waals surface area contributed by atoms with Crippen LogP contribution in [0.3, 0.4) is 0 Å². The van der Waals surface area contributed by atoms with Crippen LogP contribution in [0.1, 0.15) is 6.92 Å². The van der Waals surface area contributed by atoms with Crippen molar-refractivity contribution in [1.82, 2.24) is 4.90 Å². The molecule has 3 heteroatoms. The number of likely N-dealkylation sites (N-methyl/N-ethyl adjacent to an activating group) is 1. The molecule has 10 heavy (non-hydrogen) atoms. The second-order valence-corrected chi connectivity index (χ2v) is 3.99. The molecule has 0 saturated heterocycles. The van der Waals surface area contributed by atoms with Gasteiger partial charge in [-0.2, -0.15) is 0 Å². The number of alkyl halides is 1. The highest BCUT2D eigenvalue weighted by atomic mass is 127. The molecule has 1 atom stereocenters. The number of hydrogen-bond acceptors (Lipinski definition) is 1. The molecule has 0 aliphatic carbocycles. The van der Waals surface area contributed by atoms with E-state index in [1.807, 2.05) is 6.92 Å². The Bertz CT molecular complexity index is 134. The maximum absolute atomic E-state index is 11.1. The zero-order valence-electron chi connectivity index (χ0n) is 6.30. The van der Waals surface area contributed by atoms with E-state index < -0.39 is 0 Å². The average molecular weight is 253 g/mol. The monoisotopic (exact) mass is 253 g/mol. The van der Waals surface area contributed by atoms with Crippen LogP contribution < -0.4 is 0 Å². The third-order valence-corrected chi connectivity index (χ3v) is 1.65. The van der Waals surface area contributed by atoms with Crippen molar-refractivity contribution in [2.24, 2.45) is 0 Å². The van der Waals surface area contributed by atoms with Gasteiger partial charge in [0, 0.05) is 13.6 Å². The fraction of sp³-hybridized carbons (Fsp3) is 0.571. The average Bonchev–Trinajstić information content (AvgIpc) is 1.87. The Hall–Kier alpha value is -0.0600. The molecule has 1 amide bonds. The first kappa shape index (κ1) is 9.94. The lowest BCUT2D eigenvalue weighted by molar-refractivity contribution is -0.128. The summed E-state index contributed by atoms with van der Waals surface area (Å²) >= 11 is 2.10. The van der Waals surface area contributed by atoms with Gasteiger partial charge < -0.3 is 4.90 Å². The molecule has 0 heterocycles. The topological polar surface area (TPSA) is 20.3 Å². The predicted molar refractivity (Wildman–Crippen MR) is 51.3 cm³/mol. The van der Waals surface area contributed by atoms with Crippen LogP contribution in [0, 0.1) is 0 Å². The van der Waals surface area contributed by atoms with Crippen LogP contribution in [0.2, 0.25) is 0 Å². The molecule has 0 radical (unpaired) electrons. The minimum absolute atomic E-state index is 0.0579. The first-order valence-electron chi connectivity index (χ1n) is 3.09. The second kappa shape index (κ2) is 4.71. The molecule has 1 unspecified atom stereocenters. The summed E-state index contributed by atoms with van der Waals surface area (Å²) < 4.78 is 0.0579. The molecule has 2 nitrogen and oxygen atoms in total. The number of rotatable bonds is 3. The molecule has 0 fully saturated rings. The van der Waals surface area contributed by atoms with E-state index in [0.717, 1.165) is 0 Å². The van der Waals surface area contributed by atoms with Gasteiger partial charge in [0.2, 0.25) is 5.91 Å². The van der Waals surface area contributed by atoms with Gasteiger partial charge in [-0.15, -0.1) is 6.58 Å². The number of carbonyl (C=O) groups excluding carboxylic acids is 1. The van der Waals surface area contributed by atoms with Crippen molar-refractivity contribution in [3.05, 3.63) is 12.7 Å². The molecule has 0 aromatic rings. The Balaban J connectivity index is 3.81. The summed E-state index contributed by atoms with van der Waals surface area (Å²) in [5.74, 6) is 0.153. The van der Waals surface area contributed by atoms with Crippen molar-refractivity contribution in [3.63, 3.8) is 0 Å². The van der Waals surface area contributed by atoms with Crippen molar-refractivity contribution in [1.29, 1.82) is 0 Å². The minimum Gasteiger partial charge on any atom is -0.341 e. The van der Waals surface area contributed by atoms with Gasteiger partial charge in [-0.1, -0.05) is 28.7 Å². The third kappa shape index (κ3) is 3.20. The van der Waals surface area contributed by atoms with Crippen LogP contribution in [-0.2, 0) is 4.79 Å². The molecular weight excluding hydrogens is 241 g/mol. The first-order valence-corrected chi connectivity index (χ1v) is 4.34. The van der Waals surface area contributed by atoms with E-state index in [1.54, 1.807) is 18.0 Å². The summed E-state index contributed by atoms with van der Waals surface area (Å²) in [6, 6.07) is 0. The molecule has 0 aromatic carbocycles. The highest BCUT2D eigenvalue weighted by Gasteiger charge is 2.11. The van der Waals surface area contributed by atoms with Gasteiger partial charge in [-0.05, 0) is 6.92 Å². The van der Waals surface area contributed by atoms with Gasteiger partial charge in [0.05, 0.1) is 3.92 Å². The highest BCUT2D eigenvalue weighted by molar-refractivity contribution is 14.1. The summed E-state index contributed by atoms with van der Waals surface area (Å²) in [5, 5.41) is 0. The molecular formula is C7H12INO. The number of nitrogens with zero attached hydrogens (tertiary/aromatic N) is 1. The molecule has 0 aromatic heterocycles. The van der Waals surface area contributed by atoms with Gasteiger partial charge in [-0.3, -0.25) is 4.79 Å². The lowest BCUT2D eigenvalue weighted by Gasteiger charge is -2.15. The standard InChI is InChI=1S/C7H12INO/c1-4-5-9(3)7(10)6(2)8/h4,6H,1,5H2,2-3H3. The van der Waals surface area contributed by atoms with Crippen LogP contribution >= 0.6 is 22.6 Å². The van der Waals surface area contributed by atoms with Crippen molar-refractivity contribution in [2.45, 2.75) is 10.8 Å². The van der Waals surface area contributed by atoms with E-state index in [4.69, 9.17) is 0 Å². The van der Waals surface area contributed by atoms with Gasteiger partial charge >= 0.3 is 0 Å². The van der Waals surface area contributed by atoms with Crippen LogP contribution in [0.25, 0.3) is 0 Å². The Labute approximate surface area is 75.4 Å². The summed E-state index contributed by atoms with van der Waals surface area (Å²) in [6.45, 7) is 6.05. The molecule has 0 spiro atoms. The van der Waals surface area contributed by atoms with Crippen LogP contribution in [-0.4, -0.2) is 28.3 Å². The van der Waals surface area contributed by atoms with E-state index in [0.29, 0.717) is 6.54 Å². The number of amides is 1. The van der Waals surface area contributed by atoms with Gasteiger partial charge in [0.15, 0.2) is 0 Å². The molecule has 58 valence electrons. The molecule has 0 aliphatic rings. The minimum atomic E-state index is 0.0579. The maximum atomic E-state index is 11.1. The van der Waals surface area contributed by atoms with Crippen molar-refractivity contribution < 1.29 is 4.79 Å². The van der Waals surface area contributed by atoms with E-state index >= 15 is 0 Å². The molecule has 0 saturated carbocycles. The lowest BCUT2D eigenvalue weighted by Crippen LogP contribution is -2.31. The van der Waals surface area contributed by atoms with Gasteiger partial charge in [-0.25, -0.2) is 0 Å². The molecule has 0 N–H and O–H groups in total. The molecule has 0 aliphatic heterocycles. The zero-order chi connectivity index (χ0) is 8.15. The normalized spacial score (nSPS) is 12.3. The van der Waals surface area contributed by atoms with Crippen molar-refractivity contribution in [2.75, 3.05) is 13.6 Å². The van der Waals surface area contributed by atoms with Crippen LogP contribution in [0.5, 0.6) is 0 Å². The lowest BCUT2D eigenvalue weighted by atomic mass is 10.4. The van der Waals surface area contributed by atoms with Crippen LogP contribution in [0.15, 0.2) is 12.7 Å². The van der Waals surface area contributed by atoms with Gasteiger partial charge in [0.25, 0.3) is 0 Å². The Morgan fingerprint density at radius 1 is 1.90 bits per heavy atom. The second-order valence-electron chi connectivity index (χ2n) is 2.12. The molecule has 0 bridgehead atoms. The van der Waals surface area contributed by atoms with Crippen molar-refractivity contribution >= 4 is 28.5 Å². The maximum Gasteiger partial charge on any atom is 0.235 e. The summed E-state index contributed by atoms with van der Waals surface area (Å²) in [4.78, 5) is 12.8. The Morgan fingerprint density at radius 2 is 2.40 bits per heavy atom. The zero-order valence-corrected chi connectivity index (χ0v) is 8.46. The van der Waals surface area contributed by atoms with E-state index in [2.05, 4.69) is 29.2 Å². The smallest absolute Gasteiger partial charge is 0.235 e. The van der Waals surface area contributed by atoms with Crippen LogP contribution in [0.4, 0.5) is 0 Å². The quantitative estimate of drug-likeness (QED) is 0.423. The fourth-order valence-electron chi connectivity index (χ4n) is 0.587. The van der Waals surface area contributed by atoms with E-state index in [9.17, 15) is 4.79 Å². The van der Waals surface area contributed by atoms with Gasteiger partial charge in [0.1, 0.15) is 0 Å². The summed E-state index contributed by atoms with van der Waals surface area (Å²) in [5.41, 5.74) is 0. The number of halogens is 1. The number of hydrogen-bond donors (Lipinski definition) is 0. The molecule has 0 rings (SSSR count). The van der Waals surface area contributed by atoms with E-state index in [-0.39, 0.29) is 9.83 Å². The Morgan fingerprint density at radius 3 is 2.70 bits per heavy atom. The third-order valence-electron chi connectivity index (χ3n) is 1.12. The largest absolute Gasteiger partial charge is 0.341 e. The number of carbonyl (C=O) groups is 1. The summed E-state index contributed by atoms with van der Waals surface area (Å²) in [6.07, 6.45) is 1.72. The first-order chi connectivity index (χ1) is 4.59. The highest BCUT2D eigenvalue weighted by Crippen LogP contribution is 2.02. The van der Waals surface area contributed by atoms with Crippen molar-refractivity contribution in [3.8, 4) is 0 Å². The fourth-order valence-corrected chi connectivity index (χ4v) is 1.06. The van der Waals surface area contributed by atoms with E-state index in [1.165, 1.54) is 0 Å². The predicted octanol–water partition coefficient (Wildman–Crippen LogP) is 1.45. The summed E-state index contributed by atoms with van der Waals surface area (Å²) in [7, 11) is 1.78. The Kier molecular flexibility index (Phi) is 4.68. The SMILES string of the molecule is C=CCN(C)C(=O)C(C)I.